The van der Waals surface area contributed by atoms with E-state index in [2.05, 4.69) is 11.8 Å². The third-order valence-electron chi connectivity index (χ3n) is 2.79. The van der Waals surface area contributed by atoms with E-state index in [9.17, 15) is 9.59 Å². The molecule has 2 heterocycles. The van der Waals surface area contributed by atoms with Gasteiger partial charge in [0.05, 0.1) is 16.0 Å². The molecule has 0 fully saturated rings. The molecule has 0 N–H and O–H groups in total. The Bertz CT molecular complexity index is 587. The molecule has 0 unspecified atom stereocenters. The Hall–Kier alpha value is -1.60. The van der Waals surface area contributed by atoms with Gasteiger partial charge in [-0.25, -0.2) is 0 Å². The van der Waals surface area contributed by atoms with Gasteiger partial charge in [0.2, 0.25) is 0 Å². The minimum Gasteiger partial charge on any atom is -0.274 e. The summed E-state index contributed by atoms with van der Waals surface area (Å²) >= 11 is 1.43. The standard InChI is InChI=1S/C14H15NO2S/c1-5-6-10-12-11(9(4)18-10)13(16)15(14(12)17)7-8(2)3/h8H,7H2,1-4H3. The van der Waals surface area contributed by atoms with Crippen LogP contribution in [0.25, 0.3) is 0 Å². The monoisotopic (exact) mass is 261 g/mol. The van der Waals surface area contributed by atoms with E-state index >= 15 is 0 Å². The van der Waals surface area contributed by atoms with Crippen molar-refractivity contribution in [2.75, 3.05) is 6.54 Å². The molecule has 4 heteroatoms. The Morgan fingerprint density at radius 2 is 1.83 bits per heavy atom. The fraction of sp³-hybridized carbons (Fsp3) is 0.429. The predicted octanol–water partition coefficient (Wildman–Crippen LogP) is 2.68. The van der Waals surface area contributed by atoms with Crippen molar-refractivity contribution < 1.29 is 9.59 Å². The molecule has 94 valence electrons. The second-order valence-electron chi connectivity index (χ2n) is 4.73. The van der Waals surface area contributed by atoms with Crippen molar-refractivity contribution in [2.24, 2.45) is 5.92 Å². The van der Waals surface area contributed by atoms with E-state index in [4.69, 9.17) is 0 Å². The number of hydrogen-bond donors (Lipinski definition) is 0. The molecule has 0 saturated carbocycles. The molecular formula is C14H15NO2S. The molecular weight excluding hydrogens is 246 g/mol. The Labute approximate surface area is 111 Å². The first-order valence-corrected chi connectivity index (χ1v) is 6.71. The van der Waals surface area contributed by atoms with Crippen molar-refractivity contribution in [2.45, 2.75) is 27.7 Å². The number of imide groups is 1. The summed E-state index contributed by atoms with van der Waals surface area (Å²) < 4.78 is 0. The summed E-state index contributed by atoms with van der Waals surface area (Å²) in [5.41, 5.74) is 1.07. The zero-order valence-corrected chi connectivity index (χ0v) is 11.8. The molecule has 0 spiro atoms. The van der Waals surface area contributed by atoms with Gasteiger partial charge in [-0.15, -0.1) is 17.3 Å². The number of fused-ring (bicyclic) bond motifs is 1. The number of rotatable bonds is 2. The third-order valence-corrected chi connectivity index (χ3v) is 3.81. The van der Waals surface area contributed by atoms with E-state index in [0.717, 1.165) is 9.75 Å². The van der Waals surface area contributed by atoms with E-state index in [1.807, 2.05) is 20.8 Å². The van der Waals surface area contributed by atoms with Gasteiger partial charge in [0.1, 0.15) is 0 Å². The molecule has 3 nitrogen and oxygen atoms in total. The Kier molecular flexibility index (Phi) is 3.27. The number of hydrogen-bond acceptors (Lipinski definition) is 3. The molecule has 1 aromatic rings. The van der Waals surface area contributed by atoms with Crippen molar-refractivity contribution in [3.05, 3.63) is 20.9 Å². The van der Waals surface area contributed by atoms with Gasteiger partial charge in [0.25, 0.3) is 11.8 Å². The Morgan fingerprint density at radius 1 is 1.22 bits per heavy atom. The largest absolute Gasteiger partial charge is 0.274 e. The summed E-state index contributed by atoms with van der Waals surface area (Å²) in [6.45, 7) is 8.05. The second kappa shape index (κ2) is 4.58. The maximum Gasteiger partial charge on any atom is 0.263 e. The Balaban J connectivity index is 2.51. The van der Waals surface area contributed by atoms with Crippen LogP contribution in [0.2, 0.25) is 0 Å². The predicted molar refractivity (Wildman–Crippen MR) is 71.8 cm³/mol. The number of nitrogens with zero attached hydrogens (tertiary/aromatic N) is 1. The van der Waals surface area contributed by atoms with Gasteiger partial charge < -0.3 is 0 Å². The van der Waals surface area contributed by atoms with E-state index < -0.39 is 0 Å². The second-order valence-corrected chi connectivity index (χ2v) is 5.95. The average Bonchev–Trinajstić information content (AvgIpc) is 2.72. The van der Waals surface area contributed by atoms with Crippen LogP contribution in [-0.2, 0) is 0 Å². The van der Waals surface area contributed by atoms with Crippen LogP contribution in [0.15, 0.2) is 0 Å². The minimum absolute atomic E-state index is 0.165. The highest BCUT2D eigenvalue weighted by Gasteiger charge is 2.40. The maximum absolute atomic E-state index is 12.3. The molecule has 0 aromatic carbocycles. The summed E-state index contributed by atoms with van der Waals surface area (Å²) in [6.07, 6.45) is 0. The van der Waals surface area contributed by atoms with Gasteiger partial charge in [-0.2, -0.15) is 0 Å². The fourth-order valence-corrected chi connectivity index (χ4v) is 3.14. The zero-order chi connectivity index (χ0) is 13.4. The van der Waals surface area contributed by atoms with Crippen molar-refractivity contribution in [3.8, 4) is 11.8 Å². The highest BCUT2D eigenvalue weighted by molar-refractivity contribution is 7.13. The first kappa shape index (κ1) is 12.8. The fourth-order valence-electron chi connectivity index (χ4n) is 2.10. The minimum atomic E-state index is -0.189. The number of carbonyl (C=O) groups excluding carboxylic acids is 2. The third kappa shape index (κ3) is 1.85. The Morgan fingerprint density at radius 3 is 2.39 bits per heavy atom. The average molecular weight is 261 g/mol. The normalized spacial score (nSPS) is 13.9. The molecule has 0 aliphatic carbocycles. The number of thiophene rings is 1. The molecule has 18 heavy (non-hydrogen) atoms. The summed E-state index contributed by atoms with van der Waals surface area (Å²) in [5, 5.41) is 0. The first-order valence-electron chi connectivity index (χ1n) is 5.89. The van der Waals surface area contributed by atoms with Crippen molar-refractivity contribution >= 4 is 23.2 Å². The molecule has 0 bridgehead atoms. The van der Waals surface area contributed by atoms with E-state index in [-0.39, 0.29) is 17.7 Å². The van der Waals surface area contributed by atoms with E-state index in [0.29, 0.717) is 17.7 Å². The van der Waals surface area contributed by atoms with Crippen LogP contribution < -0.4 is 0 Å². The lowest BCUT2D eigenvalue weighted by molar-refractivity contribution is 0.0636. The van der Waals surface area contributed by atoms with Crippen LogP contribution in [0.1, 0.15) is 51.2 Å². The number of carbonyl (C=O) groups is 2. The lowest BCUT2D eigenvalue weighted by atomic mass is 10.1. The quantitative estimate of drug-likeness (QED) is 0.606. The lowest BCUT2D eigenvalue weighted by Crippen LogP contribution is -2.33. The highest BCUT2D eigenvalue weighted by atomic mass is 32.1. The topological polar surface area (TPSA) is 37.4 Å². The maximum atomic E-state index is 12.3. The number of aryl methyl sites for hydroxylation is 1. The van der Waals surface area contributed by atoms with Crippen molar-refractivity contribution in [1.82, 2.24) is 4.90 Å². The molecule has 0 saturated heterocycles. The van der Waals surface area contributed by atoms with Crippen LogP contribution in [-0.4, -0.2) is 23.3 Å². The highest BCUT2D eigenvalue weighted by Crippen LogP contribution is 2.34. The van der Waals surface area contributed by atoms with E-state index in [1.165, 1.54) is 16.2 Å². The van der Waals surface area contributed by atoms with Crippen molar-refractivity contribution in [1.29, 1.82) is 0 Å². The summed E-state index contributed by atoms with van der Waals surface area (Å²) in [5.74, 6) is 5.63. The number of amides is 2. The smallest absolute Gasteiger partial charge is 0.263 e. The van der Waals surface area contributed by atoms with E-state index in [1.54, 1.807) is 6.92 Å². The SMILES string of the molecule is CC#Cc1sc(C)c2c1C(=O)N(CC(C)C)C2=O. The lowest BCUT2D eigenvalue weighted by Gasteiger charge is -2.16. The molecule has 0 atom stereocenters. The summed E-state index contributed by atoms with van der Waals surface area (Å²) in [7, 11) is 0. The molecule has 0 radical (unpaired) electrons. The summed E-state index contributed by atoms with van der Waals surface area (Å²) in [6, 6.07) is 0. The van der Waals surface area contributed by atoms with Crippen LogP contribution in [0.4, 0.5) is 0 Å². The van der Waals surface area contributed by atoms with Crippen LogP contribution >= 0.6 is 11.3 Å². The molecule has 2 rings (SSSR count). The van der Waals surface area contributed by atoms with Crippen molar-refractivity contribution in [3.63, 3.8) is 0 Å². The molecule has 2 amide bonds. The molecule has 1 aliphatic rings. The van der Waals surface area contributed by atoms with Gasteiger partial charge >= 0.3 is 0 Å². The first-order chi connectivity index (χ1) is 8.47. The van der Waals surface area contributed by atoms with Gasteiger partial charge in [0, 0.05) is 11.4 Å². The van der Waals surface area contributed by atoms with Gasteiger partial charge in [0.15, 0.2) is 0 Å². The van der Waals surface area contributed by atoms with Crippen LogP contribution in [0, 0.1) is 24.7 Å². The molecule has 1 aliphatic heterocycles. The molecule has 1 aromatic heterocycles. The van der Waals surface area contributed by atoms with Crippen LogP contribution in [0.5, 0.6) is 0 Å². The van der Waals surface area contributed by atoms with Crippen LogP contribution in [0.3, 0.4) is 0 Å². The van der Waals surface area contributed by atoms with Gasteiger partial charge in [-0.05, 0) is 19.8 Å². The van der Waals surface area contributed by atoms with Gasteiger partial charge in [-0.1, -0.05) is 19.8 Å². The van der Waals surface area contributed by atoms with Gasteiger partial charge in [-0.3, -0.25) is 14.5 Å². The summed E-state index contributed by atoms with van der Waals surface area (Å²) in [4.78, 5) is 27.5. The zero-order valence-electron chi connectivity index (χ0n) is 11.0.